The van der Waals surface area contributed by atoms with Crippen molar-refractivity contribution < 1.29 is 9.53 Å². The van der Waals surface area contributed by atoms with Gasteiger partial charge in [-0.15, -0.1) is 12.4 Å². The Bertz CT molecular complexity index is 669. The van der Waals surface area contributed by atoms with Crippen molar-refractivity contribution in [2.75, 3.05) is 6.54 Å². The van der Waals surface area contributed by atoms with E-state index in [-0.39, 0.29) is 18.3 Å². The van der Waals surface area contributed by atoms with Crippen molar-refractivity contribution in [1.82, 2.24) is 5.32 Å². The van der Waals surface area contributed by atoms with Crippen molar-refractivity contribution in [3.05, 3.63) is 65.7 Å². The molecule has 0 aliphatic carbocycles. The van der Waals surface area contributed by atoms with Crippen LogP contribution >= 0.6 is 12.4 Å². The predicted molar refractivity (Wildman–Crippen MR) is 104 cm³/mol. The molecule has 2 rings (SSSR count). The number of hydrogen-bond donors (Lipinski definition) is 2. The summed E-state index contributed by atoms with van der Waals surface area (Å²) < 4.78 is 6.10. The maximum Gasteiger partial charge on any atom is 0.265 e. The Kier molecular flexibility index (Phi) is 7.94. The van der Waals surface area contributed by atoms with E-state index in [0.29, 0.717) is 6.54 Å². The van der Waals surface area contributed by atoms with Crippen molar-refractivity contribution in [2.24, 2.45) is 5.73 Å². The van der Waals surface area contributed by atoms with Crippen LogP contribution in [-0.4, -0.2) is 18.0 Å². The SMILES string of the molecule is CCc1ccccc1OC(C(=O)NCC(C)(C)N)c1ccccc1.Cl. The average Bonchev–Trinajstić information content (AvgIpc) is 2.58. The molecule has 0 saturated carbocycles. The monoisotopic (exact) mass is 362 g/mol. The predicted octanol–water partition coefficient (Wildman–Crippen LogP) is 3.64. The first-order valence-corrected chi connectivity index (χ1v) is 8.27. The lowest BCUT2D eigenvalue weighted by atomic mass is 10.1. The zero-order chi connectivity index (χ0) is 17.6. The topological polar surface area (TPSA) is 64.3 Å². The second kappa shape index (κ2) is 9.44. The molecule has 0 aromatic heterocycles. The summed E-state index contributed by atoms with van der Waals surface area (Å²) in [6, 6.07) is 17.3. The van der Waals surface area contributed by atoms with Crippen LogP contribution in [0, 0.1) is 0 Å². The van der Waals surface area contributed by atoms with E-state index in [2.05, 4.69) is 12.2 Å². The van der Waals surface area contributed by atoms with E-state index in [1.54, 1.807) is 0 Å². The Morgan fingerprint density at radius 3 is 2.32 bits per heavy atom. The Labute approximate surface area is 156 Å². The Hall–Kier alpha value is -2.04. The molecule has 0 saturated heterocycles. The summed E-state index contributed by atoms with van der Waals surface area (Å²) in [7, 11) is 0. The normalized spacial score (nSPS) is 12.0. The molecule has 0 fully saturated rings. The minimum atomic E-state index is -0.707. The van der Waals surface area contributed by atoms with Gasteiger partial charge in [0.1, 0.15) is 5.75 Å². The molecule has 3 N–H and O–H groups in total. The Morgan fingerprint density at radius 2 is 1.72 bits per heavy atom. The van der Waals surface area contributed by atoms with E-state index in [0.717, 1.165) is 23.3 Å². The number of halogens is 1. The fourth-order valence-corrected chi connectivity index (χ4v) is 2.35. The van der Waals surface area contributed by atoms with Gasteiger partial charge >= 0.3 is 0 Å². The summed E-state index contributed by atoms with van der Waals surface area (Å²) in [6.45, 7) is 6.20. The largest absolute Gasteiger partial charge is 0.476 e. The highest BCUT2D eigenvalue weighted by atomic mass is 35.5. The third-order valence-electron chi connectivity index (χ3n) is 3.66. The fraction of sp³-hybridized carbons (Fsp3) is 0.350. The van der Waals surface area contributed by atoms with Crippen LogP contribution in [0.5, 0.6) is 5.75 Å². The minimum absolute atomic E-state index is 0. The van der Waals surface area contributed by atoms with E-state index in [1.165, 1.54) is 0 Å². The number of ether oxygens (including phenoxy) is 1. The standard InChI is InChI=1S/C20H26N2O2.ClH/c1-4-15-10-8-9-13-17(15)24-18(16-11-6-5-7-12-16)19(23)22-14-20(2,3)21;/h5-13,18H,4,14,21H2,1-3H3,(H,22,23);1H. The maximum absolute atomic E-state index is 12.7. The van der Waals surface area contributed by atoms with E-state index in [1.807, 2.05) is 68.4 Å². The average molecular weight is 363 g/mol. The molecule has 4 nitrogen and oxygen atoms in total. The van der Waals surface area contributed by atoms with Gasteiger partial charge in [-0.1, -0.05) is 55.5 Å². The van der Waals surface area contributed by atoms with E-state index in [9.17, 15) is 4.79 Å². The minimum Gasteiger partial charge on any atom is -0.476 e. The molecule has 1 unspecified atom stereocenters. The lowest BCUT2D eigenvalue weighted by Crippen LogP contribution is -2.46. The van der Waals surface area contributed by atoms with Crippen molar-refractivity contribution in [2.45, 2.75) is 38.8 Å². The smallest absolute Gasteiger partial charge is 0.265 e. The number of carbonyl (C=O) groups is 1. The molecule has 0 spiro atoms. The lowest BCUT2D eigenvalue weighted by molar-refractivity contribution is -0.128. The van der Waals surface area contributed by atoms with E-state index >= 15 is 0 Å². The molecule has 25 heavy (non-hydrogen) atoms. The highest BCUT2D eigenvalue weighted by Crippen LogP contribution is 2.26. The van der Waals surface area contributed by atoms with Crippen LogP contribution < -0.4 is 15.8 Å². The number of nitrogens with two attached hydrogens (primary N) is 1. The van der Waals surface area contributed by atoms with Crippen molar-refractivity contribution in [1.29, 1.82) is 0 Å². The van der Waals surface area contributed by atoms with Crippen molar-refractivity contribution >= 4 is 18.3 Å². The Balaban J connectivity index is 0.00000312. The van der Waals surface area contributed by atoms with Crippen LogP contribution in [-0.2, 0) is 11.2 Å². The molecule has 0 radical (unpaired) electrons. The van der Waals surface area contributed by atoms with Gasteiger partial charge in [-0.05, 0) is 31.9 Å². The van der Waals surface area contributed by atoms with Crippen LogP contribution in [0.15, 0.2) is 54.6 Å². The summed E-state index contributed by atoms with van der Waals surface area (Å²) in [5, 5.41) is 2.89. The molecule has 136 valence electrons. The number of rotatable bonds is 7. The molecule has 2 aromatic carbocycles. The number of aryl methyl sites for hydroxylation is 1. The van der Waals surface area contributed by atoms with Gasteiger partial charge in [-0.2, -0.15) is 0 Å². The highest BCUT2D eigenvalue weighted by Gasteiger charge is 2.24. The van der Waals surface area contributed by atoms with Crippen molar-refractivity contribution in [3.8, 4) is 5.75 Å². The van der Waals surface area contributed by atoms with Gasteiger partial charge in [0, 0.05) is 17.6 Å². The maximum atomic E-state index is 12.7. The fourth-order valence-electron chi connectivity index (χ4n) is 2.35. The molecule has 0 bridgehead atoms. The zero-order valence-corrected chi connectivity index (χ0v) is 15.8. The van der Waals surface area contributed by atoms with Crippen LogP contribution in [0.25, 0.3) is 0 Å². The van der Waals surface area contributed by atoms with Crippen molar-refractivity contribution in [3.63, 3.8) is 0 Å². The molecule has 5 heteroatoms. The number of para-hydroxylation sites is 1. The van der Waals surface area contributed by atoms with Gasteiger partial charge in [0.25, 0.3) is 5.91 Å². The van der Waals surface area contributed by atoms with Crippen LogP contribution in [0.2, 0.25) is 0 Å². The quantitative estimate of drug-likeness (QED) is 0.790. The molecule has 1 atom stereocenters. The summed E-state index contributed by atoms with van der Waals surface area (Å²) >= 11 is 0. The van der Waals surface area contributed by atoms with Gasteiger partial charge in [-0.25, -0.2) is 0 Å². The molecule has 1 amide bonds. The van der Waals surface area contributed by atoms with E-state index in [4.69, 9.17) is 10.5 Å². The van der Waals surface area contributed by atoms with Crippen LogP contribution in [0.4, 0.5) is 0 Å². The lowest BCUT2D eigenvalue weighted by Gasteiger charge is -2.24. The first-order chi connectivity index (χ1) is 11.4. The number of nitrogens with one attached hydrogen (secondary N) is 1. The number of amides is 1. The molecule has 2 aromatic rings. The molecule has 0 aliphatic rings. The summed E-state index contributed by atoms with van der Waals surface area (Å²) in [5.74, 6) is 0.543. The molecular formula is C20H27ClN2O2. The van der Waals surface area contributed by atoms with E-state index < -0.39 is 11.6 Å². The Morgan fingerprint density at radius 1 is 1.12 bits per heavy atom. The highest BCUT2D eigenvalue weighted by molar-refractivity contribution is 5.85. The molecule has 0 heterocycles. The summed E-state index contributed by atoms with van der Waals surface area (Å²) in [5.41, 5.74) is 7.38. The van der Waals surface area contributed by atoms with Gasteiger partial charge in [0.2, 0.25) is 6.10 Å². The molecule has 0 aliphatic heterocycles. The van der Waals surface area contributed by atoms with Gasteiger partial charge in [-0.3, -0.25) is 4.79 Å². The zero-order valence-electron chi connectivity index (χ0n) is 15.0. The number of benzene rings is 2. The second-order valence-electron chi connectivity index (χ2n) is 6.58. The van der Waals surface area contributed by atoms with Gasteiger partial charge < -0.3 is 15.8 Å². The molecular weight excluding hydrogens is 336 g/mol. The van der Waals surface area contributed by atoms with Crippen LogP contribution in [0.1, 0.15) is 38.0 Å². The first-order valence-electron chi connectivity index (χ1n) is 8.27. The number of hydrogen-bond acceptors (Lipinski definition) is 3. The summed E-state index contributed by atoms with van der Waals surface area (Å²) in [6.07, 6.45) is 0.135. The van der Waals surface area contributed by atoms with Crippen LogP contribution in [0.3, 0.4) is 0 Å². The van der Waals surface area contributed by atoms with Gasteiger partial charge in [0.05, 0.1) is 0 Å². The number of carbonyl (C=O) groups excluding carboxylic acids is 1. The summed E-state index contributed by atoms with van der Waals surface area (Å²) in [4.78, 5) is 12.7. The first kappa shape index (κ1) is 21.0. The van der Waals surface area contributed by atoms with Gasteiger partial charge in [0.15, 0.2) is 0 Å². The second-order valence-corrected chi connectivity index (χ2v) is 6.58. The third kappa shape index (κ3) is 6.40. The third-order valence-corrected chi connectivity index (χ3v) is 3.66.